The van der Waals surface area contributed by atoms with Crippen LogP contribution in [-0.4, -0.2) is 52.6 Å². The van der Waals surface area contributed by atoms with Gasteiger partial charge in [-0.2, -0.15) is 0 Å². The number of halogens is 1. The van der Waals surface area contributed by atoms with Gasteiger partial charge in [-0.05, 0) is 24.3 Å². The van der Waals surface area contributed by atoms with Crippen molar-refractivity contribution in [1.29, 1.82) is 0 Å². The first kappa shape index (κ1) is 19.7. The van der Waals surface area contributed by atoms with Crippen molar-refractivity contribution in [3.8, 4) is 0 Å². The average Bonchev–Trinajstić information content (AvgIpc) is 2.72. The lowest BCUT2D eigenvalue weighted by Gasteiger charge is -2.28. The molecule has 2 fully saturated rings. The highest BCUT2D eigenvalue weighted by molar-refractivity contribution is 6.30. The van der Waals surface area contributed by atoms with Gasteiger partial charge in [0.2, 0.25) is 0 Å². The van der Waals surface area contributed by atoms with Crippen molar-refractivity contribution in [2.24, 2.45) is 0 Å². The Kier molecular flexibility index (Phi) is 10.0. The molecule has 2 aliphatic heterocycles. The second kappa shape index (κ2) is 12.7. The van der Waals surface area contributed by atoms with E-state index in [9.17, 15) is 0 Å². The first-order chi connectivity index (χ1) is 12.4. The number of nitrogens with zero attached hydrogens (tertiary/aromatic N) is 1. The van der Waals surface area contributed by atoms with Crippen molar-refractivity contribution in [3.63, 3.8) is 0 Å². The molecule has 0 amide bonds. The predicted molar refractivity (Wildman–Crippen MR) is 105 cm³/mol. The minimum absolute atomic E-state index is 0.794. The van der Waals surface area contributed by atoms with Crippen LogP contribution in [0, 0.1) is 0 Å². The number of ether oxygens (including phenoxy) is 2. The van der Waals surface area contributed by atoms with Crippen LogP contribution in [0.4, 0.5) is 5.69 Å². The zero-order valence-corrected chi connectivity index (χ0v) is 15.3. The molecule has 5 heteroatoms. The molecule has 25 heavy (non-hydrogen) atoms. The lowest BCUT2D eigenvalue weighted by molar-refractivity contribution is 0.109. The third-order valence-electron chi connectivity index (χ3n) is 3.71. The van der Waals surface area contributed by atoms with E-state index in [0.29, 0.717) is 0 Å². The number of anilines is 1. The first-order valence-electron chi connectivity index (χ1n) is 8.73. The van der Waals surface area contributed by atoms with Gasteiger partial charge in [-0.3, -0.25) is 0 Å². The Morgan fingerprint density at radius 2 is 1.24 bits per heavy atom. The molecule has 2 aromatic rings. The maximum absolute atomic E-state index is 5.54. The molecular formula is C20H27ClN2O2. The third-order valence-corrected chi connectivity index (χ3v) is 3.96. The molecule has 2 aliphatic rings. The van der Waals surface area contributed by atoms with Gasteiger partial charge in [0.05, 0.1) is 26.4 Å². The van der Waals surface area contributed by atoms with Crippen molar-refractivity contribution in [2.45, 2.75) is 0 Å². The molecular weight excluding hydrogens is 336 g/mol. The highest BCUT2D eigenvalue weighted by atomic mass is 35.5. The lowest BCUT2D eigenvalue weighted by Crippen LogP contribution is -2.36. The van der Waals surface area contributed by atoms with E-state index in [1.807, 2.05) is 36.4 Å². The van der Waals surface area contributed by atoms with E-state index >= 15 is 0 Å². The smallest absolute Gasteiger partial charge is 0.0642 e. The van der Waals surface area contributed by atoms with E-state index in [0.717, 1.165) is 57.6 Å². The molecule has 0 unspecified atom stereocenters. The first-order valence-corrected chi connectivity index (χ1v) is 9.11. The Bertz CT molecular complexity index is 533. The standard InChI is InChI=1S/C10H13NO.C6H5Cl.C4H9NO/c1-2-4-10(5-3-1)11-6-8-12-9-7-11;7-6-4-2-1-3-5-6;1-3-6-4-2-5-1/h1-5H,6-9H2;1-5H;5H,1-4H2. The van der Waals surface area contributed by atoms with Gasteiger partial charge < -0.3 is 19.7 Å². The third kappa shape index (κ3) is 8.89. The van der Waals surface area contributed by atoms with Crippen LogP contribution >= 0.6 is 11.6 Å². The molecule has 0 bridgehead atoms. The van der Waals surface area contributed by atoms with Gasteiger partial charge in [-0.25, -0.2) is 0 Å². The van der Waals surface area contributed by atoms with Crippen LogP contribution in [-0.2, 0) is 9.47 Å². The summed E-state index contributed by atoms with van der Waals surface area (Å²) in [6.45, 7) is 7.58. The van der Waals surface area contributed by atoms with Crippen LogP contribution in [0.5, 0.6) is 0 Å². The minimum Gasteiger partial charge on any atom is -0.379 e. The number of hydrogen-bond donors (Lipinski definition) is 1. The molecule has 1 N–H and O–H groups in total. The molecule has 4 rings (SSSR count). The van der Waals surface area contributed by atoms with Crippen molar-refractivity contribution >= 4 is 17.3 Å². The molecule has 2 heterocycles. The maximum Gasteiger partial charge on any atom is 0.0642 e. The molecule has 4 nitrogen and oxygen atoms in total. The summed E-state index contributed by atoms with van der Waals surface area (Å²) in [5, 5.41) is 3.95. The van der Waals surface area contributed by atoms with Crippen molar-refractivity contribution in [3.05, 3.63) is 65.7 Å². The van der Waals surface area contributed by atoms with E-state index < -0.39 is 0 Å². The Morgan fingerprint density at radius 1 is 0.720 bits per heavy atom. The van der Waals surface area contributed by atoms with Crippen LogP contribution in [0.1, 0.15) is 0 Å². The largest absolute Gasteiger partial charge is 0.379 e. The Morgan fingerprint density at radius 3 is 1.64 bits per heavy atom. The SMILES string of the molecule is C1COCCN1.Clc1ccccc1.c1ccc(N2CCOCC2)cc1. The molecule has 0 spiro atoms. The number of benzene rings is 2. The van der Waals surface area contributed by atoms with Crippen LogP contribution in [0.25, 0.3) is 0 Å². The summed E-state index contributed by atoms with van der Waals surface area (Å²) in [5.74, 6) is 0. The number of nitrogens with one attached hydrogen (secondary N) is 1. The normalized spacial score (nSPS) is 16.8. The van der Waals surface area contributed by atoms with Crippen molar-refractivity contribution < 1.29 is 9.47 Å². The van der Waals surface area contributed by atoms with Crippen LogP contribution in [0.3, 0.4) is 0 Å². The van der Waals surface area contributed by atoms with Gasteiger partial charge >= 0.3 is 0 Å². The summed E-state index contributed by atoms with van der Waals surface area (Å²) >= 11 is 5.54. The minimum atomic E-state index is 0.794. The van der Waals surface area contributed by atoms with Gasteiger partial charge in [-0.15, -0.1) is 0 Å². The maximum atomic E-state index is 5.54. The second-order valence-corrected chi connectivity index (χ2v) is 6.03. The molecule has 0 aliphatic carbocycles. The fourth-order valence-corrected chi connectivity index (χ4v) is 2.54. The summed E-state index contributed by atoms with van der Waals surface area (Å²) in [6, 6.07) is 19.9. The van der Waals surface area contributed by atoms with Crippen molar-refractivity contribution in [2.75, 3.05) is 57.5 Å². The highest BCUT2D eigenvalue weighted by Crippen LogP contribution is 2.13. The number of morpholine rings is 2. The summed E-state index contributed by atoms with van der Waals surface area (Å²) in [6.07, 6.45) is 0. The van der Waals surface area contributed by atoms with Gasteiger partial charge in [0.15, 0.2) is 0 Å². The molecule has 0 atom stereocenters. The van der Waals surface area contributed by atoms with E-state index in [1.54, 1.807) is 0 Å². The Hall–Kier alpha value is -1.59. The number of hydrogen-bond acceptors (Lipinski definition) is 4. The summed E-state index contributed by atoms with van der Waals surface area (Å²) in [5.41, 5.74) is 1.31. The van der Waals surface area contributed by atoms with E-state index in [2.05, 4.69) is 34.5 Å². The Balaban J connectivity index is 0.000000148. The number of rotatable bonds is 1. The summed E-state index contributed by atoms with van der Waals surface area (Å²) in [7, 11) is 0. The topological polar surface area (TPSA) is 33.7 Å². The quantitative estimate of drug-likeness (QED) is 0.842. The molecule has 2 aromatic carbocycles. The van der Waals surface area contributed by atoms with E-state index in [1.165, 1.54) is 5.69 Å². The predicted octanol–water partition coefficient (Wildman–Crippen LogP) is 3.47. The summed E-state index contributed by atoms with van der Waals surface area (Å²) in [4.78, 5) is 2.35. The monoisotopic (exact) mass is 362 g/mol. The molecule has 0 radical (unpaired) electrons. The lowest BCUT2D eigenvalue weighted by atomic mass is 10.3. The zero-order chi connectivity index (χ0) is 17.6. The van der Waals surface area contributed by atoms with Crippen LogP contribution in [0.2, 0.25) is 5.02 Å². The fourth-order valence-electron chi connectivity index (χ4n) is 2.39. The zero-order valence-electron chi connectivity index (χ0n) is 14.6. The van der Waals surface area contributed by atoms with Crippen LogP contribution in [0.15, 0.2) is 60.7 Å². The van der Waals surface area contributed by atoms with Gasteiger partial charge in [-0.1, -0.05) is 48.0 Å². The van der Waals surface area contributed by atoms with Gasteiger partial charge in [0.1, 0.15) is 0 Å². The number of para-hydroxylation sites is 1. The van der Waals surface area contributed by atoms with Gasteiger partial charge in [0.25, 0.3) is 0 Å². The average molecular weight is 363 g/mol. The fraction of sp³-hybridized carbons (Fsp3) is 0.400. The van der Waals surface area contributed by atoms with Crippen molar-refractivity contribution in [1.82, 2.24) is 5.32 Å². The Labute approximate surface area is 155 Å². The molecule has 136 valence electrons. The highest BCUT2D eigenvalue weighted by Gasteiger charge is 2.09. The molecule has 2 saturated heterocycles. The summed E-state index contributed by atoms with van der Waals surface area (Å²) < 4.78 is 10.3. The molecule has 0 aromatic heterocycles. The molecule has 0 saturated carbocycles. The van der Waals surface area contributed by atoms with E-state index in [4.69, 9.17) is 21.1 Å². The van der Waals surface area contributed by atoms with E-state index in [-0.39, 0.29) is 0 Å². The van der Waals surface area contributed by atoms with Crippen LogP contribution < -0.4 is 10.2 Å². The second-order valence-electron chi connectivity index (χ2n) is 5.59. The van der Waals surface area contributed by atoms with Gasteiger partial charge in [0, 0.05) is 36.9 Å².